The van der Waals surface area contributed by atoms with Gasteiger partial charge in [-0.05, 0) is 37.4 Å². The van der Waals surface area contributed by atoms with Gasteiger partial charge in [-0.25, -0.2) is 20.0 Å². The van der Waals surface area contributed by atoms with E-state index in [0.29, 0.717) is 16.9 Å². The van der Waals surface area contributed by atoms with Gasteiger partial charge in [0.15, 0.2) is 5.78 Å². The predicted octanol–water partition coefficient (Wildman–Crippen LogP) is 4.26. The molecule has 0 radical (unpaired) electrons. The first-order valence-electron chi connectivity index (χ1n) is 9.66. The Hall–Kier alpha value is -3.63. The zero-order chi connectivity index (χ0) is 22.4. The number of hydrazine groups is 1. The number of carbonyl (C=O) groups is 3. The lowest BCUT2D eigenvalue weighted by Gasteiger charge is -2.21. The number of aromatic nitrogens is 1. The highest BCUT2D eigenvalue weighted by atomic mass is 32.1. The summed E-state index contributed by atoms with van der Waals surface area (Å²) in [5, 5.41) is 8.67. The highest BCUT2D eigenvalue weighted by Gasteiger charge is 2.27. The highest BCUT2D eigenvalue weighted by Crippen LogP contribution is 2.31. The summed E-state index contributed by atoms with van der Waals surface area (Å²) in [6.07, 6.45) is 3.70. The number of nitrogens with two attached hydrogens (primary N) is 1. The molecule has 1 aliphatic carbocycles. The van der Waals surface area contributed by atoms with Crippen molar-refractivity contribution >= 4 is 40.0 Å². The molecular weight excluding hydrogens is 420 g/mol. The molecule has 2 aromatic rings. The lowest BCUT2D eigenvalue weighted by atomic mass is 9.94. The van der Waals surface area contributed by atoms with Gasteiger partial charge >= 0.3 is 12.1 Å². The number of nitrogens with zero attached hydrogens (tertiary/aromatic N) is 5. The summed E-state index contributed by atoms with van der Waals surface area (Å²) in [6.45, 7) is 1.87. The number of Topliss-reactive ketones (excluding diaryl/α,β-unsaturated/α-hetero) is 1. The fourth-order valence-electron chi connectivity index (χ4n) is 3.42. The van der Waals surface area contributed by atoms with Gasteiger partial charge in [0, 0.05) is 21.8 Å². The van der Waals surface area contributed by atoms with Gasteiger partial charge in [0.1, 0.15) is 0 Å². The van der Waals surface area contributed by atoms with Crippen LogP contribution in [0, 0.1) is 12.8 Å². The Morgan fingerprint density at radius 3 is 2.77 bits per heavy atom. The topological polar surface area (TPSA) is 166 Å². The summed E-state index contributed by atoms with van der Waals surface area (Å²) in [6, 6.07) is 3.49. The second-order valence-corrected chi connectivity index (χ2v) is 7.98. The molecule has 11 nitrogen and oxygen atoms in total. The minimum atomic E-state index is -0.965. The lowest BCUT2D eigenvalue weighted by molar-refractivity contribution is 0.0923. The van der Waals surface area contributed by atoms with Gasteiger partial charge in [0.25, 0.3) is 0 Å². The van der Waals surface area contributed by atoms with Gasteiger partial charge < -0.3 is 11.1 Å². The smallest absolute Gasteiger partial charge is 0.347 e. The Morgan fingerprint density at radius 1 is 1.35 bits per heavy atom. The number of aryl methyl sites for hydroxylation is 1. The number of urea groups is 2. The van der Waals surface area contributed by atoms with Crippen molar-refractivity contribution in [2.45, 2.75) is 39.2 Å². The van der Waals surface area contributed by atoms with Crippen molar-refractivity contribution in [2.75, 3.05) is 10.3 Å². The van der Waals surface area contributed by atoms with Crippen molar-refractivity contribution in [1.29, 1.82) is 0 Å². The average Bonchev–Trinajstić information content (AvgIpc) is 3.43. The van der Waals surface area contributed by atoms with Crippen molar-refractivity contribution < 1.29 is 14.4 Å². The molecule has 12 heteroatoms. The third-order valence-electron chi connectivity index (χ3n) is 4.86. The molecule has 1 fully saturated rings. The van der Waals surface area contributed by atoms with Crippen LogP contribution in [0.1, 0.15) is 47.3 Å². The molecule has 0 spiro atoms. The first kappa shape index (κ1) is 22.1. The number of carbonyl (C=O) groups excluding carboxylic acids is 3. The Bertz CT molecular complexity index is 1040. The first-order valence-corrected chi connectivity index (χ1v) is 10.5. The van der Waals surface area contributed by atoms with E-state index in [1.807, 2.05) is 6.92 Å². The summed E-state index contributed by atoms with van der Waals surface area (Å²) < 4.78 is 0. The van der Waals surface area contributed by atoms with Crippen LogP contribution in [0.4, 0.5) is 20.4 Å². The molecule has 1 aliphatic rings. The number of anilines is 2. The van der Waals surface area contributed by atoms with Crippen LogP contribution in [-0.2, 0) is 6.54 Å². The maximum absolute atomic E-state index is 13.0. The number of ketones is 1. The number of primary amides is 1. The molecule has 0 atom stereocenters. The summed E-state index contributed by atoms with van der Waals surface area (Å²) in [5.74, 6) is -0.0590. The Morgan fingerprint density at radius 2 is 2.10 bits per heavy atom. The van der Waals surface area contributed by atoms with Crippen LogP contribution in [0.3, 0.4) is 0 Å². The van der Waals surface area contributed by atoms with Crippen molar-refractivity contribution in [1.82, 2.24) is 10.4 Å². The molecule has 1 aromatic carbocycles. The van der Waals surface area contributed by atoms with E-state index in [2.05, 4.69) is 25.8 Å². The molecule has 0 aliphatic heterocycles. The number of hydrogen-bond donors (Lipinski definition) is 3. The number of amides is 4. The zero-order valence-corrected chi connectivity index (χ0v) is 17.7. The molecule has 0 unspecified atom stereocenters. The predicted molar refractivity (Wildman–Crippen MR) is 117 cm³/mol. The van der Waals surface area contributed by atoms with Gasteiger partial charge in [-0.15, -0.1) is 11.3 Å². The lowest BCUT2D eigenvalue weighted by Crippen LogP contribution is -2.50. The molecule has 3 rings (SSSR count). The normalized spacial score (nSPS) is 13.3. The SMILES string of the molecule is Cc1ccc(NC(=O)N(NC(N)=O)c2nc(CN=[N+]=[N-])cs2)c(C(=O)C2CCCC2)c1. The quantitative estimate of drug-likeness (QED) is 0.200. The zero-order valence-electron chi connectivity index (χ0n) is 16.9. The monoisotopic (exact) mass is 442 g/mol. The standard InChI is InChI=1S/C19H22N8O3S/c1-11-6-7-15(14(8-11)16(28)12-4-2-3-5-12)24-18(30)27(25-17(20)29)19-23-13(10-31-19)9-22-26-21/h6-8,10,12H,2-5,9H2,1H3,(H,24,30)(H3,20,25,29). The number of azide groups is 1. The number of benzene rings is 1. The number of rotatable bonds is 6. The van der Waals surface area contributed by atoms with Crippen LogP contribution >= 0.6 is 11.3 Å². The van der Waals surface area contributed by atoms with E-state index in [9.17, 15) is 14.4 Å². The van der Waals surface area contributed by atoms with E-state index in [-0.39, 0.29) is 23.4 Å². The van der Waals surface area contributed by atoms with Gasteiger partial charge in [-0.1, -0.05) is 29.6 Å². The van der Waals surface area contributed by atoms with E-state index in [0.717, 1.165) is 47.6 Å². The second-order valence-electron chi connectivity index (χ2n) is 7.15. The van der Waals surface area contributed by atoms with Crippen LogP contribution in [0.15, 0.2) is 28.7 Å². The second kappa shape index (κ2) is 9.92. The Kier molecular flexibility index (Phi) is 7.06. The van der Waals surface area contributed by atoms with Crippen LogP contribution < -0.4 is 21.5 Å². The average molecular weight is 443 g/mol. The minimum absolute atomic E-state index is 0.00295. The van der Waals surface area contributed by atoms with Gasteiger partial charge in [0.2, 0.25) is 5.13 Å². The fourth-order valence-corrected chi connectivity index (χ4v) is 4.19. The molecule has 0 saturated heterocycles. The maximum Gasteiger partial charge on any atom is 0.347 e. The van der Waals surface area contributed by atoms with Crippen LogP contribution in [0.5, 0.6) is 0 Å². The number of thiazole rings is 1. The number of hydrogen-bond acceptors (Lipinski definition) is 6. The molecule has 4 N–H and O–H groups in total. The summed E-state index contributed by atoms with van der Waals surface area (Å²) in [4.78, 5) is 44.3. The Balaban J connectivity index is 1.86. The van der Waals surface area contributed by atoms with Crippen molar-refractivity contribution in [2.24, 2.45) is 16.8 Å². The molecule has 1 heterocycles. The molecule has 1 saturated carbocycles. The van der Waals surface area contributed by atoms with Gasteiger partial charge in [-0.2, -0.15) is 5.01 Å². The van der Waals surface area contributed by atoms with E-state index >= 15 is 0 Å². The van der Waals surface area contributed by atoms with Crippen molar-refractivity contribution in [3.05, 3.63) is 50.8 Å². The largest absolute Gasteiger partial charge is 0.350 e. The molecular formula is C19H22N8O3S. The third kappa shape index (κ3) is 5.50. The molecule has 0 bridgehead atoms. The van der Waals surface area contributed by atoms with Crippen LogP contribution in [-0.4, -0.2) is 22.8 Å². The van der Waals surface area contributed by atoms with E-state index in [1.165, 1.54) is 0 Å². The van der Waals surface area contributed by atoms with Gasteiger partial charge in [0.05, 0.1) is 17.9 Å². The molecule has 162 valence electrons. The van der Waals surface area contributed by atoms with Crippen molar-refractivity contribution in [3.63, 3.8) is 0 Å². The summed E-state index contributed by atoms with van der Waals surface area (Å²) >= 11 is 1.06. The molecule has 31 heavy (non-hydrogen) atoms. The fraction of sp³-hybridized carbons (Fsp3) is 0.368. The van der Waals surface area contributed by atoms with Crippen LogP contribution in [0.2, 0.25) is 0 Å². The number of nitrogens with one attached hydrogen (secondary N) is 2. The highest BCUT2D eigenvalue weighted by molar-refractivity contribution is 7.14. The van der Waals surface area contributed by atoms with E-state index in [4.69, 9.17) is 11.3 Å². The summed E-state index contributed by atoms with van der Waals surface area (Å²) in [5.41, 5.74) is 18.0. The van der Waals surface area contributed by atoms with Crippen molar-refractivity contribution in [3.8, 4) is 0 Å². The minimum Gasteiger partial charge on any atom is -0.350 e. The first-order chi connectivity index (χ1) is 14.9. The van der Waals surface area contributed by atoms with E-state index in [1.54, 1.807) is 23.6 Å². The molecule has 1 aromatic heterocycles. The summed E-state index contributed by atoms with van der Waals surface area (Å²) in [7, 11) is 0. The van der Waals surface area contributed by atoms with E-state index < -0.39 is 12.1 Å². The Labute approximate surface area is 182 Å². The van der Waals surface area contributed by atoms with Gasteiger partial charge in [-0.3, -0.25) is 4.79 Å². The van der Waals surface area contributed by atoms with Crippen LogP contribution in [0.25, 0.3) is 10.4 Å². The maximum atomic E-state index is 13.0. The third-order valence-corrected chi connectivity index (χ3v) is 5.73. The molecule has 4 amide bonds.